The predicted molar refractivity (Wildman–Crippen MR) is 106 cm³/mol. The number of rotatable bonds is 4. The second-order valence-electron chi connectivity index (χ2n) is 7.25. The van der Waals surface area contributed by atoms with E-state index in [0.717, 1.165) is 45.4 Å². The largest absolute Gasteiger partial charge is 0.395 e. The van der Waals surface area contributed by atoms with Gasteiger partial charge in [0.05, 0.1) is 6.61 Å². The van der Waals surface area contributed by atoms with E-state index in [1.165, 1.54) is 22.4 Å². The Morgan fingerprint density at radius 2 is 1.92 bits per heavy atom. The molecule has 1 atom stereocenters. The minimum Gasteiger partial charge on any atom is -0.395 e. The normalized spacial score (nSPS) is 22.8. The first-order valence-electron chi connectivity index (χ1n) is 9.04. The van der Waals surface area contributed by atoms with Gasteiger partial charge in [-0.2, -0.15) is 0 Å². The maximum Gasteiger partial charge on any atom is 0.0540 e. The Balaban J connectivity index is 0.00000182. The Bertz CT molecular complexity index is 706. The summed E-state index contributed by atoms with van der Waals surface area (Å²) in [6.07, 6.45) is 3.33. The summed E-state index contributed by atoms with van der Waals surface area (Å²) in [5.41, 5.74) is 5.34. The van der Waals surface area contributed by atoms with Crippen LogP contribution in [0.4, 0.5) is 5.69 Å². The van der Waals surface area contributed by atoms with E-state index in [9.17, 15) is 5.11 Å². The molecule has 2 heterocycles. The van der Waals surface area contributed by atoms with Gasteiger partial charge in [0, 0.05) is 30.7 Å². The molecule has 1 unspecified atom stereocenters. The molecule has 2 aromatic carbocycles. The van der Waals surface area contributed by atoms with Gasteiger partial charge < -0.3 is 10.4 Å². The molecule has 4 heteroatoms. The number of piperidine rings is 1. The third-order valence-corrected chi connectivity index (χ3v) is 5.67. The Morgan fingerprint density at radius 3 is 2.72 bits per heavy atom. The van der Waals surface area contributed by atoms with Gasteiger partial charge in [0.2, 0.25) is 0 Å². The zero-order valence-corrected chi connectivity index (χ0v) is 15.4. The number of likely N-dealkylation sites (tertiary alicyclic amines) is 1. The standard InChI is InChI=1S/C21H26N2O.ClH/c24-16-21(19-8-2-1-3-9-19)11-5-13-23(15-21)14-18-7-4-6-17-10-12-22-20(17)18;/h1-4,6-9,22,24H,5,10-16H2;1H. The predicted octanol–water partition coefficient (Wildman–Crippen LogP) is 3.60. The lowest BCUT2D eigenvalue weighted by molar-refractivity contribution is 0.0851. The molecule has 0 radical (unpaired) electrons. The molecule has 2 aliphatic rings. The molecule has 0 saturated carbocycles. The monoisotopic (exact) mass is 358 g/mol. The summed E-state index contributed by atoms with van der Waals surface area (Å²) in [6.45, 7) is 4.27. The molecule has 1 saturated heterocycles. The van der Waals surface area contributed by atoms with Gasteiger partial charge in [-0.15, -0.1) is 12.4 Å². The fourth-order valence-corrected chi connectivity index (χ4v) is 4.39. The number of hydrogen-bond donors (Lipinski definition) is 2. The first-order valence-corrected chi connectivity index (χ1v) is 9.04. The van der Waals surface area contributed by atoms with Crippen LogP contribution >= 0.6 is 12.4 Å². The van der Waals surface area contributed by atoms with Crippen molar-refractivity contribution in [3.63, 3.8) is 0 Å². The average molecular weight is 359 g/mol. The molecular weight excluding hydrogens is 332 g/mol. The molecule has 0 aliphatic carbocycles. The molecule has 0 aromatic heterocycles. The summed E-state index contributed by atoms with van der Waals surface area (Å²) in [6, 6.07) is 17.2. The molecule has 0 spiro atoms. The number of hydrogen-bond acceptors (Lipinski definition) is 3. The van der Waals surface area contributed by atoms with E-state index in [2.05, 4.69) is 52.7 Å². The van der Waals surface area contributed by atoms with Gasteiger partial charge in [-0.25, -0.2) is 0 Å². The first-order chi connectivity index (χ1) is 11.8. The van der Waals surface area contributed by atoms with Crippen molar-refractivity contribution >= 4 is 18.1 Å². The van der Waals surface area contributed by atoms with E-state index in [1.54, 1.807) is 0 Å². The highest BCUT2D eigenvalue weighted by atomic mass is 35.5. The molecule has 4 rings (SSSR count). The molecule has 2 aliphatic heterocycles. The number of anilines is 1. The summed E-state index contributed by atoms with van der Waals surface area (Å²) in [4.78, 5) is 2.52. The number of fused-ring (bicyclic) bond motifs is 1. The van der Waals surface area contributed by atoms with Crippen molar-refractivity contribution in [2.24, 2.45) is 0 Å². The topological polar surface area (TPSA) is 35.5 Å². The Morgan fingerprint density at radius 1 is 1.08 bits per heavy atom. The van der Waals surface area contributed by atoms with E-state index in [0.29, 0.717) is 0 Å². The molecule has 134 valence electrons. The Labute approximate surface area is 156 Å². The summed E-state index contributed by atoms with van der Waals surface area (Å²) in [5.74, 6) is 0. The van der Waals surface area contributed by atoms with Gasteiger partial charge in [0.25, 0.3) is 0 Å². The van der Waals surface area contributed by atoms with Crippen LogP contribution in [0, 0.1) is 0 Å². The van der Waals surface area contributed by atoms with Crippen LogP contribution in [-0.4, -0.2) is 36.2 Å². The lowest BCUT2D eigenvalue weighted by Gasteiger charge is -2.42. The van der Waals surface area contributed by atoms with Crippen LogP contribution in [0.1, 0.15) is 29.5 Å². The summed E-state index contributed by atoms with van der Waals surface area (Å²) in [7, 11) is 0. The summed E-state index contributed by atoms with van der Waals surface area (Å²) >= 11 is 0. The highest BCUT2D eigenvalue weighted by Gasteiger charge is 2.36. The molecule has 0 bridgehead atoms. The van der Waals surface area contributed by atoms with Crippen molar-refractivity contribution in [2.75, 3.05) is 31.6 Å². The molecule has 25 heavy (non-hydrogen) atoms. The highest BCUT2D eigenvalue weighted by molar-refractivity contribution is 5.85. The van der Waals surface area contributed by atoms with Crippen LogP contribution in [-0.2, 0) is 18.4 Å². The van der Waals surface area contributed by atoms with Gasteiger partial charge in [-0.1, -0.05) is 48.5 Å². The molecule has 0 amide bonds. The Hall–Kier alpha value is -1.55. The van der Waals surface area contributed by atoms with Crippen LogP contribution in [0.25, 0.3) is 0 Å². The van der Waals surface area contributed by atoms with Crippen molar-refractivity contribution in [2.45, 2.75) is 31.2 Å². The average Bonchev–Trinajstić information content (AvgIpc) is 3.12. The first kappa shape index (κ1) is 18.2. The number of benzene rings is 2. The fraction of sp³-hybridized carbons (Fsp3) is 0.429. The van der Waals surface area contributed by atoms with Crippen molar-refractivity contribution in [1.82, 2.24) is 4.90 Å². The van der Waals surface area contributed by atoms with Crippen molar-refractivity contribution in [3.8, 4) is 0 Å². The van der Waals surface area contributed by atoms with Crippen molar-refractivity contribution in [1.29, 1.82) is 0 Å². The van der Waals surface area contributed by atoms with Gasteiger partial charge in [0.15, 0.2) is 0 Å². The number of nitrogens with one attached hydrogen (secondary N) is 1. The van der Waals surface area contributed by atoms with Crippen molar-refractivity contribution < 1.29 is 5.11 Å². The van der Waals surface area contributed by atoms with E-state index < -0.39 is 0 Å². The Kier molecular flexibility index (Phi) is 5.67. The van der Waals surface area contributed by atoms with Gasteiger partial charge in [0.1, 0.15) is 0 Å². The van der Waals surface area contributed by atoms with Gasteiger partial charge in [-0.3, -0.25) is 4.90 Å². The van der Waals surface area contributed by atoms with Crippen molar-refractivity contribution in [3.05, 3.63) is 65.2 Å². The van der Waals surface area contributed by atoms with Crippen LogP contribution in [0.5, 0.6) is 0 Å². The third-order valence-electron chi connectivity index (χ3n) is 5.67. The van der Waals surface area contributed by atoms with E-state index in [4.69, 9.17) is 0 Å². The molecule has 3 nitrogen and oxygen atoms in total. The number of nitrogens with zero attached hydrogens (tertiary/aromatic N) is 1. The molecule has 1 fully saturated rings. The highest BCUT2D eigenvalue weighted by Crippen LogP contribution is 2.35. The minimum atomic E-state index is -0.120. The molecule has 2 aromatic rings. The number of halogens is 1. The van der Waals surface area contributed by atoms with Crippen LogP contribution in [0.3, 0.4) is 0 Å². The van der Waals surface area contributed by atoms with Gasteiger partial charge in [-0.05, 0) is 42.5 Å². The zero-order chi connectivity index (χ0) is 16.4. The number of para-hydroxylation sites is 1. The number of aliphatic hydroxyl groups is 1. The van der Waals surface area contributed by atoms with Crippen LogP contribution in [0.15, 0.2) is 48.5 Å². The zero-order valence-electron chi connectivity index (χ0n) is 14.6. The van der Waals surface area contributed by atoms with Crippen LogP contribution in [0.2, 0.25) is 0 Å². The SMILES string of the molecule is Cl.OCC1(c2ccccc2)CCCN(Cc2cccc3c2NCC3)C1. The third kappa shape index (κ3) is 3.55. The maximum absolute atomic E-state index is 10.2. The molecule has 2 N–H and O–H groups in total. The maximum atomic E-state index is 10.2. The quantitative estimate of drug-likeness (QED) is 0.876. The van der Waals surface area contributed by atoms with E-state index in [1.807, 2.05) is 6.07 Å². The smallest absolute Gasteiger partial charge is 0.0540 e. The second kappa shape index (κ2) is 7.77. The van der Waals surface area contributed by atoms with E-state index in [-0.39, 0.29) is 24.4 Å². The van der Waals surface area contributed by atoms with E-state index >= 15 is 0 Å². The summed E-state index contributed by atoms with van der Waals surface area (Å²) in [5, 5.41) is 13.7. The number of aliphatic hydroxyl groups excluding tert-OH is 1. The van der Waals surface area contributed by atoms with Crippen LogP contribution < -0.4 is 5.32 Å². The lowest BCUT2D eigenvalue weighted by atomic mass is 9.74. The molecular formula is C21H27ClN2O. The lowest BCUT2D eigenvalue weighted by Crippen LogP contribution is -2.48. The summed E-state index contributed by atoms with van der Waals surface area (Å²) < 4.78 is 0. The minimum absolute atomic E-state index is 0. The fourth-order valence-electron chi connectivity index (χ4n) is 4.39. The second-order valence-corrected chi connectivity index (χ2v) is 7.25. The van der Waals surface area contributed by atoms with Gasteiger partial charge >= 0.3 is 0 Å².